The Bertz CT molecular complexity index is 360. The van der Waals surface area contributed by atoms with E-state index in [9.17, 15) is 4.79 Å². The van der Waals surface area contributed by atoms with E-state index in [0.717, 1.165) is 12.8 Å². The molecule has 1 unspecified atom stereocenters. The van der Waals surface area contributed by atoms with Crippen LogP contribution in [0.3, 0.4) is 0 Å². The predicted octanol–water partition coefficient (Wildman–Crippen LogP) is 2.32. The summed E-state index contributed by atoms with van der Waals surface area (Å²) in [4.78, 5) is 11.8. The van der Waals surface area contributed by atoms with E-state index in [0.29, 0.717) is 18.4 Å². The van der Waals surface area contributed by atoms with E-state index in [1.54, 1.807) is 6.92 Å². The van der Waals surface area contributed by atoms with E-state index >= 15 is 0 Å². The highest BCUT2D eigenvalue weighted by Gasteiger charge is 2.30. The Balaban J connectivity index is 2.85. The summed E-state index contributed by atoms with van der Waals surface area (Å²) in [7, 11) is 0. The molecule has 0 N–H and O–H groups in total. The van der Waals surface area contributed by atoms with E-state index in [2.05, 4.69) is 10.2 Å². The monoisotopic (exact) mass is 240 g/mol. The van der Waals surface area contributed by atoms with Crippen LogP contribution in [0.15, 0.2) is 4.42 Å². The van der Waals surface area contributed by atoms with E-state index in [1.165, 1.54) is 0 Å². The van der Waals surface area contributed by atoms with Gasteiger partial charge in [-0.15, -0.1) is 10.2 Å². The van der Waals surface area contributed by atoms with Crippen LogP contribution in [0.4, 0.5) is 0 Å². The summed E-state index contributed by atoms with van der Waals surface area (Å²) in [5.74, 6) is 0.255. The molecule has 0 aliphatic heterocycles. The van der Waals surface area contributed by atoms with Crippen LogP contribution < -0.4 is 0 Å². The van der Waals surface area contributed by atoms with Crippen molar-refractivity contribution in [1.29, 1.82) is 0 Å². The third-order valence-electron chi connectivity index (χ3n) is 2.42. The number of aryl methyl sites for hydroxylation is 1. The summed E-state index contributed by atoms with van der Waals surface area (Å²) < 4.78 is 10.5. The molecule has 1 aromatic heterocycles. The summed E-state index contributed by atoms with van der Waals surface area (Å²) in [5, 5.41) is 7.87. The highest BCUT2D eigenvalue weighted by Crippen LogP contribution is 2.25. The molecule has 96 valence electrons. The molecule has 0 saturated heterocycles. The Morgan fingerprint density at radius 3 is 2.59 bits per heavy atom. The minimum atomic E-state index is -0.465. The molecular weight excluding hydrogens is 220 g/mol. The maximum absolute atomic E-state index is 11.8. The molecule has 0 radical (unpaired) electrons. The maximum Gasteiger partial charge on any atom is 0.318 e. The minimum absolute atomic E-state index is 0.0731. The molecule has 0 amide bonds. The normalized spacial score (nSPS) is 12.8. The molecule has 5 heteroatoms. The van der Waals surface area contributed by atoms with Gasteiger partial charge in [-0.05, 0) is 19.3 Å². The lowest BCUT2D eigenvalue weighted by Gasteiger charge is -2.14. The Morgan fingerprint density at radius 2 is 2.06 bits per heavy atom. The molecule has 1 rings (SSSR count). The minimum Gasteiger partial charge on any atom is -0.465 e. The smallest absolute Gasteiger partial charge is 0.318 e. The summed E-state index contributed by atoms with van der Waals surface area (Å²) in [6, 6.07) is 0. The average molecular weight is 240 g/mol. The highest BCUT2D eigenvalue weighted by atomic mass is 16.5. The average Bonchev–Trinajstić information content (AvgIpc) is 2.67. The van der Waals surface area contributed by atoms with Gasteiger partial charge in [0, 0.05) is 6.42 Å². The zero-order valence-electron chi connectivity index (χ0n) is 10.9. The van der Waals surface area contributed by atoms with Gasteiger partial charge in [-0.3, -0.25) is 4.79 Å². The Labute approximate surface area is 102 Å². The molecule has 0 aromatic carbocycles. The van der Waals surface area contributed by atoms with E-state index in [1.807, 2.05) is 20.8 Å². The highest BCUT2D eigenvalue weighted by molar-refractivity contribution is 5.77. The van der Waals surface area contributed by atoms with Gasteiger partial charge < -0.3 is 9.15 Å². The molecule has 0 spiro atoms. The molecule has 1 aromatic rings. The van der Waals surface area contributed by atoms with Crippen molar-refractivity contribution in [1.82, 2.24) is 10.2 Å². The van der Waals surface area contributed by atoms with Crippen molar-refractivity contribution in [3.05, 3.63) is 11.8 Å². The van der Waals surface area contributed by atoms with Crippen LogP contribution in [-0.2, 0) is 16.0 Å². The standard InChI is InChI=1S/C12H20N2O3/c1-5-7-9-13-14-11(17-9)10(8(3)4)12(15)16-6-2/h8,10H,5-7H2,1-4H3. The van der Waals surface area contributed by atoms with Crippen molar-refractivity contribution in [2.24, 2.45) is 5.92 Å². The molecule has 0 saturated carbocycles. The molecule has 0 fully saturated rings. The zero-order valence-corrected chi connectivity index (χ0v) is 10.9. The SMILES string of the molecule is CCCc1nnc(C(C(=O)OCC)C(C)C)o1. The molecule has 0 aliphatic carbocycles. The van der Waals surface area contributed by atoms with Crippen molar-refractivity contribution in [3.8, 4) is 0 Å². The summed E-state index contributed by atoms with van der Waals surface area (Å²) in [5.41, 5.74) is 0. The first-order valence-corrected chi connectivity index (χ1v) is 6.09. The molecular formula is C12H20N2O3. The van der Waals surface area contributed by atoms with Crippen molar-refractivity contribution in [2.45, 2.75) is 46.5 Å². The summed E-state index contributed by atoms with van der Waals surface area (Å²) >= 11 is 0. The number of ether oxygens (including phenoxy) is 1. The Morgan fingerprint density at radius 1 is 1.35 bits per heavy atom. The van der Waals surface area contributed by atoms with Gasteiger partial charge in [0.05, 0.1) is 6.61 Å². The first kappa shape index (κ1) is 13.7. The Hall–Kier alpha value is -1.39. The Kier molecular flexibility index (Phi) is 5.12. The van der Waals surface area contributed by atoms with Gasteiger partial charge in [0.25, 0.3) is 0 Å². The van der Waals surface area contributed by atoms with Gasteiger partial charge in [-0.25, -0.2) is 0 Å². The first-order valence-electron chi connectivity index (χ1n) is 6.09. The number of nitrogens with zero attached hydrogens (tertiary/aromatic N) is 2. The number of rotatable bonds is 6. The second kappa shape index (κ2) is 6.37. The molecule has 1 atom stereocenters. The van der Waals surface area contributed by atoms with Crippen LogP contribution in [-0.4, -0.2) is 22.8 Å². The van der Waals surface area contributed by atoms with Crippen LogP contribution in [0, 0.1) is 5.92 Å². The van der Waals surface area contributed by atoms with Crippen molar-refractivity contribution < 1.29 is 13.9 Å². The van der Waals surface area contributed by atoms with Crippen LogP contribution in [0.2, 0.25) is 0 Å². The molecule has 1 heterocycles. The lowest BCUT2D eigenvalue weighted by molar-refractivity contribution is -0.146. The largest absolute Gasteiger partial charge is 0.465 e. The van der Waals surface area contributed by atoms with Gasteiger partial charge in [0.15, 0.2) is 0 Å². The second-order valence-corrected chi connectivity index (χ2v) is 4.26. The van der Waals surface area contributed by atoms with Gasteiger partial charge in [-0.1, -0.05) is 20.8 Å². The van der Waals surface area contributed by atoms with Crippen LogP contribution in [0.5, 0.6) is 0 Å². The predicted molar refractivity (Wildman–Crippen MR) is 62.5 cm³/mol. The molecule has 0 aliphatic rings. The van der Waals surface area contributed by atoms with E-state index in [4.69, 9.17) is 9.15 Å². The second-order valence-electron chi connectivity index (χ2n) is 4.26. The van der Waals surface area contributed by atoms with Crippen molar-refractivity contribution in [2.75, 3.05) is 6.61 Å². The van der Waals surface area contributed by atoms with Gasteiger partial charge in [0.1, 0.15) is 5.92 Å². The topological polar surface area (TPSA) is 65.2 Å². The van der Waals surface area contributed by atoms with Crippen molar-refractivity contribution in [3.63, 3.8) is 0 Å². The van der Waals surface area contributed by atoms with Gasteiger partial charge in [0.2, 0.25) is 11.8 Å². The van der Waals surface area contributed by atoms with Crippen LogP contribution in [0.1, 0.15) is 51.8 Å². The number of carbonyl (C=O) groups is 1. The summed E-state index contributed by atoms with van der Waals surface area (Å²) in [6.07, 6.45) is 1.67. The maximum atomic E-state index is 11.8. The number of hydrogen-bond donors (Lipinski definition) is 0. The summed E-state index contributed by atoms with van der Waals surface area (Å²) in [6.45, 7) is 8.05. The quantitative estimate of drug-likeness (QED) is 0.714. The fourth-order valence-corrected chi connectivity index (χ4v) is 1.60. The molecule has 5 nitrogen and oxygen atoms in total. The fraction of sp³-hybridized carbons (Fsp3) is 0.750. The van der Waals surface area contributed by atoms with Gasteiger partial charge >= 0.3 is 5.97 Å². The van der Waals surface area contributed by atoms with Crippen LogP contribution in [0.25, 0.3) is 0 Å². The van der Waals surface area contributed by atoms with E-state index in [-0.39, 0.29) is 11.9 Å². The van der Waals surface area contributed by atoms with Crippen LogP contribution >= 0.6 is 0 Å². The molecule has 0 bridgehead atoms. The number of hydrogen-bond acceptors (Lipinski definition) is 5. The molecule has 17 heavy (non-hydrogen) atoms. The lowest BCUT2D eigenvalue weighted by Crippen LogP contribution is -2.21. The number of esters is 1. The number of carbonyl (C=O) groups excluding carboxylic acids is 1. The lowest BCUT2D eigenvalue weighted by atomic mass is 9.96. The van der Waals surface area contributed by atoms with E-state index < -0.39 is 5.92 Å². The van der Waals surface area contributed by atoms with Crippen molar-refractivity contribution >= 4 is 5.97 Å². The third-order valence-corrected chi connectivity index (χ3v) is 2.42. The third kappa shape index (κ3) is 3.54. The van der Waals surface area contributed by atoms with Gasteiger partial charge in [-0.2, -0.15) is 0 Å². The number of aromatic nitrogens is 2. The first-order chi connectivity index (χ1) is 8.10. The fourth-order valence-electron chi connectivity index (χ4n) is 1.60. The zero-order chi connectivity index (χ0) is 12.8.